The van der Waals surface area contributed by atoms with E-state index in [0.717, 1.165) is 4.47 Å². The summed E-state index contributed by atoms with van der Waals surface area (Å²) in [6, 6.07) is 6.11. The van der Waals surface area contributed by atoms with Crippen LogP contribution in [0.25, 0.3) is 0 Å². The Balaban J connectivity index is 2.44. The van der Waals surface area contributed by atoms with E-state index in [-0.39, 0.29) is 5.82 Å². The molecule has 1 N–H and O–H groups in total. The normalized spacial score (nSPS) is 12.5. The Morgan fingerprint density at radius 2 is 2.00 bits per heavy atom. The van der Waals surface area contributed by atoms with Crippen molar-refractivity contribution in [1.82, 2.24) is 4.98 Å². The highest BCUT2D eigenvalue weighted by Crippen LogP contribution is 2.30. The fraction of sp³-hybridized carbons (Fsp3) is 0.154. The number of aliphatic hydroxyl groups is 1. The van der Waals surface area contributed by atoms with Crippen molar-refractivity contribution in [3.63, 3.8) is 0 Å². The van der Waals surface area contributed by atoms with Crippen molar-refractivity contribution < 1.29 is 9.50 Å². The van der Waals surface area contributed by atoms with E-state index in [1.807, 2.05) is 6.07 Å². The molecular formula is C13H10Br2FNO. The van der Waals surface area contributed by atoms with Gasteiger partial charge in [-0.1, -0.05) is 6.07 Å². The highest BCUT2D eigenvalue weighted by molar-refractivity contribution is 9.11. The molecule has 0 bridgehead atoms. The van der Waals surface area contributed by atoms with Gasteiger partial charge in [0.2, 0.25) is 0 Å². The van der Waals surface area contributed by atoms with Crippen LogP contribution < -0.4 is 0 Å². The molecule has 2 nitrogen and oxygen atoms in total. The molecule has 1 atom stereocenters. The molecule has 0 radical (unpaired) electrons. The van der Waals surface area contributed by atoms with Crippen LogP contribution in [0, 0.1) is 12.7 Å². The second kappa shape index (κ2) is 5.47. The first kappa shape index (κ1) is 13.6. The Morgan fingerprint density at radius 3 is 2.61 bits per heavy atom. The average molecular weight is 375 g/mol. The van der Waals surface area contributed by atoms with E-state index in [9.17, 15) is 9.50 Å². The van der Waals surface area contributed by atoms with Crippen molar-refractivity contribution >= 4 is 31.9 Å². The molecule has 2 rings (SSSR count). The lowest BCUT2D eigenvalue weighted by Crippen LogP contribution is -2.05. The first-order chi connectivity index (χ1) is 8.49. The summed E-state index contributed by atoms with van der Waals surface area (Å²) in [4.78, 5) is 4.18. The van der Waals surface area contributed by atoms with Crippen LogP contribution in [-0.2, 0) is 0 Å². The maximum Gasteiger partial charge on any atom is 0.123 e. The van der Waals surface area contributed by atoms with Gasteiger partial charge in [-0.3, -0.25) is 4.98 Å². The molecule has 0 saturated heterocycles. The first-order valence-corrected chi connectivity index (χ1v) is 6.82. The minimum Gasteiger partial charge on any atom is -0.382 e. The molecule has 0 fully saturated rings. The van der Waals surface area contributed by atoms with Crippen LogP contribution in [0.5, 0.6) is 0 Å². The fourth-order valence-electron chi connectivity index (χ4n) is 1.72. The lowest BCUT2D eigenvalue weighted by atomic mass is 10.0. The molecular weight excluding hydrogens is 365 g/mol. The van der Waals surface area contributed by atoms with Gasteiger partial charge in [-0.15, -0.1) is 0 Å². The van der Waals surface area contributed by atoms with Crippen LogP contribution in [0.2, 0.25) is 0 Å². The van der Waals surface area contributed by atoms with Crippen LogP contribution in [-0.4, -0.2) is 10.1 Å². The lowest BCUT2D eigenvalue weighted by molar-refractivity contribution is 0.213. The van der Waals surface area contributed by atoms with Crippen molar-refractivity contribution in [3.8, 4) is 0 Å². The van der Waals surface area contributed by atoms with Gasteiger partial charge in [-0.05, 0) is 68.1 Å². The number of aliphatic hydroxyl groups excluding tert-OH is 1. The molecule has 1 aromatic carbocycles. The van der Waals surface area contributed by atoms with Gasteiger partial charge < -0.3 is 5.11 Å². The molecule has 2 aromatic rings. The summed E-state index contributed by atoms with van der Waals surface area (Å²) < 4.78 is 14.6. The number of pyridine rings is 1. The molecule has 0 saturated carbocycles. The van der Waals surface area contributed by atoms with Gasteiger partial charge in [-0.2, -0.15) is 0 Å². The number of aryl methyl sites for hydroxylation is 1. The van der Waals surface area contributed by atoms with E-state index in [1.165, 1.54) is 12.1 Å². The zero-order valence-electron chi connectivity index (χ0n) is 9.49. The lowest BCUT2D eigenvalue weighted by Gasteiger charge is -2.14. The van der Waals surface area contributed by atoms with E-state index in [2.05, 4.69) is 36.8 Å². The maximum atomic E-state index is 13.0. The molecule has 0 spiro atoms. The van der Waals surface area contributed by atoms with E-state index >= 15 is 0 Å². The Morgan fingerprint density at radius 1 is 1.28 bits per heavy atom. The van der Waals surface area contributed by atoms with Crippen molar-refractivity contribution in [2.24, 2.45) is 0 Å². The number of halogens is 3. The van der Waals surface area contributed by atoms with Gasteiger partial charge in [0, 0.05) is 15.1 Å². The summed E-state index contributed by atoms with van der Waals surface area (Å²) in [5.74, 6) is -0.314. The number of rotatable bonds is 2. The zero-order chi connectivity index (χ0) is 13.3. The number of nitrogens with zero attached hydrogens (tertiary/aromatic N) is 1. The Bertz CT molecular complexity index is 538. The van der Waals surface area contributed by atoms with Crippen LogP contribution in [0.3, 0.4) is 0 Å². The minimum atomic E-state index is -0.881. The topological polar surface area (TPSA) is 33.1 Å². The Hall–Kier alpha value is -0.780. The third kappa shape index (κ3) is 2.79. The maximum absolute atomic E-state index is 13.0. The van der Waals surface area contributed by atoms with Gasteiger partial charge in [0.15, 0.2) is 0 Å². The molecule has 1 heterocycles. The van der Waals surface area contributed by atoms with Crippen molar-refractivity contribution in [2.75, 3.05) is 0 Å². The summed E-state index contributed by atoms with van der Waals surface area (Å²) in [6.45, 7) is 1.76. The highest BCUT2D eigenvalue weighted by Gasteiger charge is 2.17. The van der Waals surface area contributed by atoms with Crippen LogP contribution in [0.4, 0.5) is 4.39 Å². The quantitative estimate of drug-likeness (QED) is 0.857. The SMILES string of the molecule is Cc1cc(F)ccc1C(O)c1ncc(Br)cc1Br. The van der Waals surface area contributed by atoms with Gasteiger partial charge in [0.05, 0.1) is 5.69 Å². The summed E-state index contributed by atoms with van der Waals surface area (Å²) in [7, 11) is 0. The number of aromatic nitrogens is 1. The van der Waals surface area contributed by atoms with E-state index < -0.39 is 6.10 Å². The largest absolute Gasteiger partial charge is 0.382 e. The zero-order valence-corrected chi connectivity index (χ0v) is 12.7. The second-order valence-electron chi connectivity index (χ2n) is 3.92. The summed E-state index contributed by atoms with van der Waals surface area (Å²) in [5, 5.41) is 10.3. The van der Waals surface area contributed by atoms with E-state index in [1.54, 1.807) is 19.2 Å². The van der Waals surface area contributed by atoms with Gasteiger partial charge in [-0.25, -0.2) is 4.39 Å². The van der Waals surface area contributed by atoms with Crippen LogP contribution in [0.15, 0.2) is 39.4 Å². The fourth-order valence-corrected chi connectivity index (χ4v) is 2.92. The molecule has 0 aliphatic rings. The molecule has 94 valence electrons. The van der Waals surface area contributed by atoms with E-state index in [4.69, 9.17) is 0 Å². The van der Waals surface area contributed by atoms with Crippen LogP contribution in [0.1, 0.15) is 22.9 Å². The summed E-state index contributed by atoms with van der Waals surface area (Å²) >= 11 is 6.66. The van der Waals surface area contributed by atoms with Crippen molar-refractivity contribution in [2.45, 2.75) is 13.0 Å². The molecule has 1 aromatic heterocycles. The summed E-state index contributed by atoms with van der Waals surface area (Å²) in [6.07, 6.45) is 0.732. The molecule has 18 heavy (non-hydrogen) atoms. The monoisotopic (exact) mass is 373 g/mol. The Kier molecular flexibility index (Phi) is 4.14. The molecule has 0 amide bonds. The van der Waals surface area contributed by atoms with Crippen molar-refractivity contribution in [3.05, 3.63) is 62.0 Å². The van der Waals surface area contributed by atoms with Gasteiger partial charge in [0.25, 0.3) is 0 Å². The standard InChI is InChI=1S/C13H10Br2FNO/c1-7-4-9(16)2-3-10(7)13(18)12-11(15)5-8(14)6-17-12/h2-6,13,18H,1H3. The Labute approximate surface area is 121 Å². The number of hydrogen-bond donors (Lipinski definition) is 1. The van der Waals surface area contributed by atoms with Gasteiger partial charge >= 0.3 is 0 Å². The minimum absolute atomic E-state index is 0.314. The molecule has 0 aliphatic carbocycles. The predicted octanol–water partition coefficient (Wildman–Crippen LogP) is 4.14. The van der Waals surface area contributed by atoms with Gasteiger partial charge in [0.1, 0.15) is 11.9 Å². The number of benzene rings is 1. The van der Waals surface area contributed by atoms with Crippen molar-refractivity contribution in [1.29, 1.82) is 0 Å². The third-order valence-corrected chi connectivity index (χ3v) is 3.69. The number of hydrogen-bond acceptors (Lipinski definition) is 2. The third-order valence-electron chi connectivity index (χ3n) is 2.62. The molecule has 5 heteroatoms. The predicted molar refractivity (Wildman–Crippen MR) is 74.8 cm³/mol. The molecule has 0 aliphatic heterocycles. The summed E-state index contributed by atoms with van der Waals surface area (Å²) in [5.41, 5.74) is 1.85. The highest BCUT2D eigenvalue weighted by atomic mass is 79.9. The van der Waals surface area contributed by atoms with E-state index in [0.29, 0.717) is 21.3 Å². The first-order valence-electron chi connectivity index (χ1n) is 5.24. The second-order valence-corrected chi connectivity index (χ2v) is 5.69. The van der Waals surface area contributed by atoms with Crippen LogP contribution >= 0.6 is 31.9 Å². The average Bonchev–Trinajstić information content (AvgIpc) is 2.28. The smallest absolute Gasteiger partial charge is 0.123 e. The molecule has 1 unspecified atom stereocenters.